The van der Waals surface area contributed by atoms with Gasteiger partial charge in [-0.25, -0.2) is 0 Å². The van der Waals surface area contributed by atoms with Gasteiger partial charge in [-0.2, -0.15) is 0 Å². The summed E-state index contributed by atoms with van der Waals surface area (Å²) in [5.41, 5.74) is 5.56. The van der Waals surface area contributed by atoms with Crippen LogP contribution in [-0.4, -0.2) is 34.7 Å². The number of carboxylic acid groups (broad SMARTS) is 1. The van der Waals surface area contributed by atoms with E-state index < -0.39 is 23.3 Å². The highest BCUT2D eigenvalue weighted by Gasteiger charge is 2.28. The molecule has 0 radical (unpaired) electrons. The lowest BCUT2D eigenvalue weighted by Crippen LogP contribution is -2.46. The first kappa shape index (κ1) is 16.0. The van der Waals surface area contributed by atoms with E-state index in [0.717, 1.165) is 5.56 Å². The minimum Gasteiger partial charge on any atom is -0.508 e. The summed E-state index contributed by atoms with van der Waals surface area (Å²) >= 11 is 0. The third kappa shape index (κ3) is 4.55. The van der Waals surface area contributed by atoms with Gasteiger partial charge in [0.05, 0.1) is 11.5 Å². The van der Waals surface area contributed by atoms with Crippen molar-refractivity contribution in [1.82, 2.24) is 5.32 Å². The SMILES string of the molecule is CC(C)(CNC(=O)[C@@H](N)Cc1ccc(O)cc1)C(=O)O. The standard InChI is InChI=1S/C14H20N2O4/c1-14(2,13(19)20)8-16-12(18)11(15)7-9-3-5-10(17)6-4-9/h3-6,11,17H,7-8,15H2,1-2H3,(H,16,18)(H,19,20)/t11-/m0/s1. The molecular weight excluding hydrogens is 260 g/mol. The molecule has 0 aliphatic rings. The number of nitrogens with one attached hydrogen (secondary N) is 1. The zero-order chi connectivity index (χ0) is 15.3. The molecule has 20 heavy (non-hydrogen) atoms. The number of phenolic OH excluding ortho intramolecular Hbond substituents is 1. The maximum Gasteiger partial charge on any atom is 0.310 e. The van der Waals surface area contributed by atoms with Crippen molar-refractivity contribution in [2.75, 3.05) is 6.54 Å². The second kappa shape index (κ2) is 6.38. The molecule has 0 aliphatic carbocycles. The number of nitrogens with two attached hydrogens (primary N) is 1. The third-order valence-electron chi connectivity index (χ3n) is 3.01. The van der Waals surface area contributed by atoms with E-state index in [1.54, 1.807) is 12.1 Å². The Labute approximate surface area is 117 Å². The number of hydrogen-bond donors (Lipinski definition) is 4. The highest BCUT2D eigenvalue weighted by atomic mass is 16.4. The number of aliphatic carboxylic acids is 1. The fraction of sp³-hybridized carbons (Fsp3) is 0.429. The van der Waals surface area contributed by atoms with Crippen LogP contribution < -0.4 is 11.1 Å². The van der Waals surface area contributed by atoms with E-state index in [9.17, 15) is 9.59 Å². The molecule has 1 amide bonds. The number of hydrogen-bond acceptors (Lipinski definition) is 4. The molecular formula is C14H20N2O4. The molecule has 0 saturated heterocycles. The lowest BCUT2D eigenvalue weighted by Gasteiger charge is -2.21. The van der Waals surface area contributed by atoms with Crippen LogP contribution in [0, 0.1) is 5.41 Å². The topological polar surface area (TPSA) is 113 Å². The van der Waals surface area contributed by atoms with Crippen molar-refractivity contribution in [3.05, 3.63) is 29.8 Å². The van der Waals surface area contributed by atoms with Gasteiger partial charge in [-0.05, 0) is 38.0 Å². The van der Waals surface area contributed by atoms with Gasteiger partial charge in [-0.3, -0.25) is 9.59 Å². The Balaban J connectivity index is 2.51. The van der Waals surface area contributed by atoms with Crippen LogP contribution in [0.3, 0.4) is 0 Å². The van der Waals surface area contributed by atoms with Crippen LogP contribution in [0.2, 0.25) is 0 Å². The Morgan fingerprint density at radius 1 is 1.30 bits per heavy atom. The zero-order valence-electron chi connectivity index (χ0n) is 11.6. The second-order valence-electron chi connectivity index (χ2n) is 5.38. The molecule has 0 unspecified atom stereocenters. The number of carboxylic acids is 1. The molecule has 110 valence electrons. The molecule has 1 aromatic rings. The third-order valence-corrected chi connectivity index (χ3v) is 3.01. The van der Waals surface area contributed by atoms with Crippen LogP contribution in [-0.2, 0) is 16.0 Å². The van der Waals surface area contributed by atoms with Gasteiger partial charge in [0.1, 0.15) is 5.75 Å². The highest BCUT2D eigenvalue weighted by molar-refractivity contribution is 5.83. The lowest BCUT2D eigenvalue weighted by atomic mass is 9.93. The quantitative estimate of drug-likeness (QED) is 0.605. The largest absolute Gasteiger partial charge is 0.508 e. The van der Waals surface area contributed by atoms with Crippen LogP contribution in [0.25, 0.3) is 0 Å². The number of phenols is 1. The molecule has 0 bridgehead atoms. The average Bonchev–Trinajstić information content (AvgIpc) is 2.38. The van der Waals surface area contributed by atoms with E-state index >= 15 is 0 Å². The maximum atomic E-state index is 11.8. The molecule has 0 aliphatic heterocycles. The fourth-order valence-corrected chi connectivity index (χ4v) is 1.49. The highest BCUT2D eigenvalue weighted by Crippen LogP contribution is 2.14. The summed E-state index contributed by atoms with van der Waals surface area (Å²) in [6.45, 7) is 3.08. The first-order valence-electron chi connectivity index (χ1n) is 6.27. The summed E-state index contributed by atoms with van der Waals surface area (Å²) in [6, 6.07) is 5.65. The Bertz CT molecular complexity index is 482. The summed E-state index contributed by atoms with van der Waals surface area (Å²) in [5, 5.41) is 20.6. The van der Waals surface area contributed by atoms with Crippen LogP contribution in [0.15, 0.2) is 24.3 Å². The zero-order valence-corrected chi connectivity index (χ0v) is 11.6. The summed E-state index contributed by atoms with van der Waals surface area (Å²) in [6.07, 6.45) is 0.319. The van der Waals surface area contributed by atoms with E-state index in [0.29, 0.717) is 6.42 Å². The molecule has 0 fully saturated rings. The van der Waals surface area contributed by atoms with Crippen molar-refractivity contribution < 1.29 is 19.8 Å². The van der Waals surface area contributed by atoms with Gasteiger partial charge in [0, 0.05) is 6.54 Å². The molecule has 6 nitrogen and oxygen atoms in total. The molecule has 1 aromatic carbocycles. The molecule has 6 heteroatoms. The predicted molar refractivity (Wildman–Crippen MR) is 74.2 cm³/mol. The summed E-state index contributed by atoms with van der Waals surface area (Å²) < 4.78 is 0. The van der Waals surface area contributed by atoms with Gasteiger partial charge in [0.25, 0.3) is 0 Å². The molecule has 0 aromatic heterocycles. The summed E-state index contributed by atoms with van der Waals surface area (Å²) in [5.74, 6) is -1.23. The number of amides is 1. The molecule has 1 rings (SSSR count). The number of carbonyl (C=O) groups excluding carboxylic acids is 1. The lowest BCUT2D eigenvalue weighted by molar-refractivity contribution is -0.146. The van der Waals surface area contributed by atoms with Crippen LogP contribution in [0.5, 0.6) is 5.75 Å². The maximum absolute atomic E-state index is 11.8. The molecule has 0 spiro atoms. The van der Waals surface area contributed by atoms with E-state index in [-0.39, 0.29) is 12.3 Å². The monoisotopic (exact) mass is 280 g/mol. The Hall–Kier alpha value is -2.08. The molecule has 5 N–H and O–H groups in total. The number of aromatic hydroxyl groups is 1. The van der Waals surface area contributed by atoms with Crippen molar-refractivity contribution in [2.24, 2.45) is 11.1 Å². The van der Waals surface area contributed by atoms with E-state index in [1.807, 2.05) is 0 Å². The number of rotatable bonds is 6. The van der Waals surface area contributed by atoms with Crippen molar-refractivity contribution >= 4 is 11.9 Å². The van der Waals surface area contributed by atoms with Gasteiger partial charge in [0.15, 0.2) is 0 Å². The summed E-state index contributed by atoms with van der Waals surface area (Å²) in [4.78, 5) is 22.7. The van der Waals surface area contributed by atoms with Crippen molar-refractivity contribution in [2.45, 2.75) is 26.3 Å². The summed E-state index contributed by atoms with van der Waals surface area (Å²) in [7, 11) is 0. The van der Waals surface area contributed by atoms with E-state index in [2.05, 4.69) is 5.32 Å². The Morgan fingerprint density at radius 2 is 1.85 bits per heavy atom. The second-order valence-corrected chi connectivity index (χ2v) is 5.38. The van der Waals surface area contributed by atoms with E-state index in [4.69, 9.17) is 15.9 Å². The minimum absolute atomic E-state index is 0.0183. The number of carbonyl (C=O) groups is 2. The van der Waals surface area contributed by atoms with Crippen molar-refractivity contribution in [1.29, 1.82) is 0 Å². The van der Waals surface area contributed by atoms with E-state index in [1.165, 1.54) is 26.0 Å². The first-order chi connectivity index (χ1) is 9.22. The average molecular weight is 280 g/mol. The molecule has 0 saturated carbocycles. The van der Waals surface area contributed by atoms with Crippen LogP contribution in [0.1, 0.15) is 19.4 Å². The predicted octanol–water partition coefficient (Wildman–Crippen LogP) is 0.489. The Kier molecular flexibility index (Phi) is 5.10. The smallest absolute Gasteiger partial charge is 0.310 e. The molecule has 0 heterocycles. The van der Waals surface area contributed by atoms with Crippen molar-refractivity contribution in [3.63, 3.8) is 0 Å². The normalized spacial score (nSPS) is 12.8. The minimum atomic E-state index is -1.03. The van der Waals surface area contributed by atoms with Gasteiger partial charge in [0.2, 0.25) is 5.91 Å². The van der Waals surface area contributed by atoms with Crippen molar-refractivity contribution in [3.8, 4) is 5.75 Å². The fourth-order valence-electron chi connectivity index (χ4n) is 1.49. The van der Waals surface area contributed by atoms with Gasteiger partial charge in [-0.15, -0.1) is 0 Å². The molecule has 1 atom stereocenters. The van der Waals surface area contributed by atoms with Gasteiger partial charge >= 0.3 is 5.97 Å². The number of benzene rings is 1. The van der Waals surface area contributed by atoms with Gasteiger partial charge in [-0.1, -0.05) is 12.1 Å². The Morgan fingerprint density at radius 3 is 2.35 bits per heavy atom. The van der Waals surface area contributed by atoms with Gasteiger partial charge < -0.3 is 21.3 Å². The van der Waals surface area contributed by atoms with Crippen LogP contribution in [0.4, 0.5) is 0 Å². The first-order valence-corrected chi connectivity index (χ1v) is 6.27. The van der Waals surface area contributed by atoms with Crippen LogP contribution >= 0.6 is 0 Å².